The highest BCUT2D eigenvalue weighted by Gasteiger charge is 2.12. The minimum Gasteiger partial charge on any atom is -0.176 e. The molecule has 0 fully saturated rings. The SMILES string of the molecule is [C]1N=NC=CC1c1cccnn1. The molecule has 2 heterocycles. The predicted molar refractivity (Wildman–Crippen MR) is 42.0 cm³/mol. The average molecular weight is 158 g/mol. The van der Waals surface area contributed by atoms with Crippen LogP contribution in [0.25, 0.3) is 0 Å². The molecule has 4 nitrogen and oxygen atoms in total. The molecule has 0 aromatic carbocycles. The first-order valence-corrected chi connectivity index (χ1v) is 3.56. The van der Waals surface area contributed by atoms with E-state index in [1.54, 1.807) is 12.4 Å². The minimum absolute atomic E-state index is 0.00352. The van der Waals surface area contributed by atoms with E-state index in [-0.39, 0.29) is 5.92 Å². The van der Waals surface area contributed by atoms with Gasteiger partial charge in [-0.2, -0.15) is 20.4 Å². The van der Waals surface area contributed by atoms with Crippen molar-refractivity contribution in [2.75, 3.05) is 0 Å². The van der Waals surface area contributed by atoms with Crippen LogP contribution in [-0.2, 0) is 0 Å². The van der Waals surface area contributed by atoms with E-state index in [9.17, 15) is 0 Å². The molecule has 4 heteroatoms. The van der Waals surface area contributed by atoms with Gasteiger partial charge in [0, 0.05) is 12.4 Å². The number of hydrogen-bond acceptors (Lipinski definition) is 4. The van der Waals surface area contributed by atoms with Crippen LogP contribution < -0.4 is 0 Å². The van der Waals surface area contributed by atoms with Crippen LogP contribution in [-0.4, -0.2) is 10.2 Å². The molecule has 1 aromatic rings. The maximum absolute atomic E-state index is 3.94. The van der Waals surface area contributed by atoms with Crippen molar-refractivity contribution in [3.8, 4) is 0 Å². The van der Waals surface area contributed by atoms with Gasteiger partial charge in [-0.15, -0.1) is 0 Å². The third kappa shape index (κ3) is 1.37. The molecule has 12 heavy (non-hydrogen) atoms. The van der Waals surface area contributed by atoms with Gasteiger partial charge in [0.1, 0.15) is 0 Å². The topological polar surface area (TPSA) is 50.5 Å². The fourth-order valence-electron chi connectivity index (χ4n) is 0.940. The smallest absolute Gasteiger partial charge is 0.155 e. The molecule has 1 aliphatic rings. The molecule has 0 saturated carbocycles. The first kappa shape index (κ1) is 7.09. The Hall–Kier alpha value is -1.58. The quantitative estimate of drug-likeness (QED) is 0.623. The van der Waals surface area contributed by atoms with Gasteiger partial charge in [-0.05, 0) is 12.1 Å². The lowest BCUT2D eigenvalue weighted by molar-refractivity contribution is 0.813. The van der Waals surface area contributed by atoms with E-state index in [2.05, 4.69) is 27.0 Å². The van der Waals surface area contributed by atoms with Crippen molar-refractivity contribution in [3.05, 3.63) is 42.8 Å². The number of nitrogens with zero attached hydrogens (tertiary/aromatic N) is 4. The van der Waals surface area contributed by atoms with Crippen LogP contribution in [0.5, 0.6) is 0 Å². The Labute approximate surface area is 70.1 Å². The highest BCUT2D eigenvalue weighted by atomic mass is 15.1. The van der Waals surface area contributed by atoms with Gasteiger partial charge >= 0.3 is 0 Å². The maximum Gasteiger partial charge on any atom is 0.155 e. The van der Waals surface area contributed by atoms with Crippen LogP contribution in [0.3, 0.4) is 0 Å². The van der Waals surface area contributed by atoms with Crippen LogP contribution in [0.15, 0.2) is 40.8 Å². The first-order valence-electron chi connectivity index (χ1n) is 3.56. The number of azo groups is 1. The monoisotopic (exact) mass is 158 g/mol. The van der Waals surface area contributed by atoms with Gasteiger partial charge in [-0.25, -0.2) is 0 Å². The Bertz CT molecular complexity index is 304. The Kier molecular flexibility index (Phi) is 1.90. The van der Waals surface area contributed by atoms with Gasteiger partial charge in [0.2, 0.25) is 0 Å². The van der Waals surface area contributed by atoms with Crippen molar-refractivity contribution in [1.29, 1.82) is 0 Å². The van der Waals surface area contributed by atoms with E-state index in [1.165, 1.54) is 0 Å². The zero-order valence-electron chi connectivity index (χ0n) is 6.25. The molecule has 58 valence electrons. The second-order valence-corrected chi connectivity index (χ2v) is 2.31. The summed E-state index contributed by atoms with van der Waals surface area (Å²) in [6, 6.07) is 3.72. The molecule has 1 unspecified atom stereocenters. The molecule has 0 N–H and O–H groups in total. The third-order valence-corrected chi connectivity index (χ3v) is 1.51. The van der Waals surface area contributed by atoms with Crippen molar-refractivity contribution < 1.29 is 0 Å². The molecule has 2 radical (unpaired) electrons. The van der Waals surface area contributed by atoms with Crippen molar-refractivity contribution in [2.45, 2.75) is 5.92 Å². The Morgan fingerprint density at radius 2 is 2.42 bits per heavy atom. The molecular weight excluding hydrogens is 152 g/mol. The fourth-order valence-corrected chi connectivity index (χ4v) is 0.940. The summed E-state index contributed by atoms with van der Waals surface area (Å²) in [7, 11) is 0. The first-order chi connectivity index (χ1) is 5.97. The lowest BCUT2D eigenvalue weighted by atomic mass is 10.1. The molecule has 0 saturated heterocycles. The van der Waals surface area contributed by atoms with Crippen LogP contribution in [0.4, 0.5) is 0 Å². The van der Waals surface area contributed by atoms with E-state index in [1.807, 2.05) is 18.2 Å². The minimum atomic E-state index is -0.00352. The summed E-state index contributed by atoms with van der Waals surface area (Å²) in [5, 5.41) is 15.0. The van der Waals surface area contributed by atoms with Gasteiger partial charge < -0.3 is 0 Å². The van der Waals surface area contributed by atoms with Crippen molar-refractivity contribution in [2.24, 2.45) is 10.2 Å². The standard InChI is InChI=1S/C8H6N4/c1-2-8(12-10-4-1)7-3-5-9-11-6-7/h1-5,7H. The zero-order chi connectivity index (χ0) is 8.23. The highest BCUT2D eigenvalue weighted by Crippen LogP contribution is 2.20. The van der Waals surface area contributed by atoms with E-state index >= 15 is 0 Å². The van der Waals surface area contributed by atoms with E-state index in [4.69, 9.17) is 0 Å². The van der Waals surface area contributed by atoms with Crippen LogP contribution in [0, 0.1) is 6.54 Å². The molecule has 1 aliphatic heterocycles. The zero-order valence-corrected chi connectivity index (χ0v) is 6.25. The van der Waals surface area contributed by atoms with E-state index in [0.29, 0.717) is 0 Å². The maximum atomic E-state index is 3.94. The fraction of sp³-hybridized carbons (Fsp3) is 0.125. The summed E-state index contributed by atoms with van der Waals surface area (Å²) in [5.74, 6) is -0.00352. The van der Waals surface area contributed by atoms with Crippen molar-refractivity contribution in [3.63, 3.8) is 0 Å². The molecule has 2 rings (SSSR count). The van der Waals surface area contributed by atoms with Gasteiger partial charge in [0.05, 0.1) is 11.6 Å². The summed E-state index contributed by atoms with van der Waals surface area (Å²) in [6.45, 7) is 2.80. The number of aromatic nitrogens is 2. The van der Waals surface area contributed by atoms with Crippen molar-refractivity contribution >= 4 is 0 Å². The molecule has 1 aromatic heterocycles. The van der Waals surface area contributed by atoms with Gasteiger partial charge in [0.15, 0.2) is 6.54 Å². The molecule has 1 atom stereocenters. The molecule has 0 spiro atoms. The van der Waals surface area contributed by atoms with Gasteiger partial charge in [-0.1, -0.05) is 6.08 Å². The van der Waals surface area contributed by atoms with Crippen molar-refractivity contribution in [1.82, 2.24) is 10.2 Å². The number of hydrogen-bond donors (Lipinski definition) is 0. The van der Waals surface area contributed by atoms with Crippen LogP contribution in [0.1, 0.15) is 11.6 Å². The largest absolute Gasteiger partial charge is 0.176 e. The lowest BCUT2D eigenvalue weighted by Crippen LogP contribution is -2.00. The van der Waals surface area contributed by atoms with E-state index in [0.717, 1.165) is 5.69 Å². The summed E-state index contributed by atoms with van der Waals surface area (Å²) in [4.78, 5) is 0. The predicted octanol–water partition coefficient (Wildman–Crippen LogP) is 1.58. The lowest BCUT2D eigenvalue weighted by Gasteiger charge is -2.07. The molecule has 0 amide bonds. The van der Waals surface area contributed by atoms with Gasteiger partial charge in [-0.3, -0.25) is 0 Å². The highest BCUT2D eigenvalue weighted by molar-refractivity contribution is 5.18. The Morgan fingerprint density at radius 1 is 1.42 bits per heavy atom. The summed E-state index contributed by atoms with van der Waals surface area (Å²) >= 11 is 0. The molecular formula is C8H6N4. The van der Waals surface area contributed by atoms with Crippen LogP contribution >= 0.6 is 0 Å². The summed E-state index contributed by atoms with van der Waals surface area (Å²) in [5.41, 5.74) is 0.840. The third-order valence-electron chi connectivity index (χ3n) is 1.51. The summed E-state index contributed by atoms with van der Waals surface area (Å²) in [6.07, 6.45) is 5.14. The van der Waals surface area contributed by atoms with Gasteiger partial charge in [0.25, 0.3) is 0 Å². The van der Waals surface area contributed by atoms with E-state index < -0.39 is 0 Å². The second-order valence-electron chi connectivity index (χ2n) is 2.31. The Morgan fingerprint density at radius 3 is 3.08 bits per heavy atom. The number of rotatable bonds is 1. The van der Waals surface area contributed by atoms with Crippen LogP contribution in [0.2, 0.25) is 0 Å². The average Bonchev–Trinajstić information content (AvgIpc) is 2.21. The normalized spacial score (nSPS) is 21.2. The molecule has 0 aliphatic carbocycles. The second kappa shape index (κ2) is 3.21. The molecule has 0 bridgehead atoms. The summed E-state index contributed by atoms with van der Waals surface area (Å²) < 4.78 is 0. The Balaban J connectivity index is 2.21.